The molecule has 5 rings (SSSR count). The number of carbonyl (C=O) groups excluding carboxylic acids is 1. The van der Waals surface area contributed by atoms with Crippen molar-refractivity contribution in [2.24, 2.45) is 5.92 Å². The van der Waals surface area contributed by atoms with Crippen molar-refractivity contribution in [1.29, 1.82) is 0 Å². The number of carbonyl (C=O) groups is 1. The monoisotopic (exact) mass is 491 g/mol. The lowest BCUT2D eigenvalue weighted by Gasteiger charge is -2.30. The normalized spacial score (nSPS) is 24.4. The standard InChI is InChI=1S/C28H37N5O3/c1-19(34)36-27-6-4-5-26(27)35-18-28-29-14-23(15-30-28)22-11-12-33-25(13-22)24(16-31-33)21-9-7-20(8-10-21)17-32(2)3/h11-16,20-21,26-27H,4-10,17-18H2,1-3H3/t20?,21?,26-,27+/m0/s1. The molecule has 2 fully saturated rings. The van der Waals surface area contributed by atoms with Crippen molar-refractivity contribution >= 4 is 11.5 Å². The fourth-order valence-electron chi connectivity index (χ4n) is 5.86. The number of aromatic nitrogens is 4. The quantitative estimate of drug-likeness (QED) is 0.425. The van der Waals surface area contributed by atoms with Crippen LogP contribution in [0, 0.1) is 5.92 Å². The lowest BCUT2D eigenvalue weighted by Crippen LogP contribution is -2.28. The van der Waals surface area contributed by atoms with E-state index in [0.717, 1.165) is 36.3 Å². The zero-order valence-electron chi connectivity index (χ0n) is 21.6. The first-order chi connectivity index (χ1) is 17.5. The van der Waals surface area contributed by atoms with Gasteiger partial charge in [0.2, 0.25) is 0 Å². The minimum atomic E-state index is -0.258. The van der Waals surface area contributed by atoms with Crippen LogP contribution in [0.3, 0.4) is 0 Å². The van der Waals surface area contributed by atoms with Gasteiger partial charge >= 0.3 is 5.97 Å². The van der Waals surface area contributed by atoms with E-state index in [0.29, 0.717) is 18.3 Å². The summed E-state index contributed by atoms with van der Waals surface area (Å²) in [6, 6.07) is 4.28. The van der Waals surface area contributed by atoms with Crippen LogP contribution in [0.15, 0.2) is 36.9 Å². The molecule has 0 spiro atoms. The summed E-state index contributed by atoms with van der Waals surface area (Å²) in [5, 5.41) is 4.63. The molecule has 0 N–H and O–H groups in total. The Kier molecular flexibility index (Phi) is 7.62. The Bertz CT molecular complexity index is 1170. The van der Waals surface area contributed by atoms with E-state index in [4.69, 9.17) is 9.47 Å². The maximum Gasteiger partial charge on any atom is 0.302 e. The Balaban J connectivity index is 1.24. The molecule has 0 bridgehead atoms. The third-order valence-electron chi connectivity index (χ3n) is 7.64. The molecule has 0 unspecified atom stereocenters. The molecule has 2 saturated carbocycles. The first kappa shape index (κ1) is 24.8. The Labute approximate surface area is 213 Å². The van der Waals surface area contributed by atoms with E-state index in [9.17, 15) is 4.79 Å². The Hall–Kier alpha value is -2.84. The van der Waals surface area contributed by atoms with E-state index in [1.54, 1.807) is 0 Å². The Morgan fingerprint density at radius 2 is 1.78 bits per heavy atom. The summed E-state index contributed by atoms with van der Waals surface area (Å²) >= 11 is 0. The van der Waals surface area contributed by atoms with Crippen molar-refractivity contribution in [2.75, 3.05) is 20.6 Å². The van der Waals surface area contributed by atoms with E-state index in [2.05, 4.69) is 52.4 Å². The highest BCUT2D eigenvalue weighted by Gasteiger charge is 2.31. The molecule has 0 saturated heterocycles. The predicted octanol–water partition coefficient (Wildman–Crippen LogP) is 4.63. The molecule has 2 aliphatic rings. The molecule has 2 atom stereocenters. The number of ether oxygens (including phenoxy) is 2. The highest BCUT2D eigenvalue weighted by Crippen LogP contribution is 2.38. The van der Waals surface area contributed by atoms with E-state index in [-0.39, 0.29) is 18.2 Å². The second-order valence-corrected chi connectivity index (χ2v) is 10.6. The fourth-order valence-corrected chi connectivity index (χ4v) is 5.86. The molecule has 0 aliphatic heterocycles. The molecule has 192 valence electrons. The number of pyridine rings is 1. The number of nitrogens with zero attached hydrogens (tertiary/aromatic N) is 5. The molecule has 8 nitrogen and oxygen atoms in total. The van der Waals surface area contributed by atoms with Crippen LogP contribution in [-0.4, -0.2) is 63.3 Å². The maximum absolute atomic E-state index is 11.3. The molecular weight excluding hydrogens is 454 g/mol. The van der Waals surface area contributed by atoms with Crippen LogP contribution in [0.25, 0.3) is 16.6 Å². The second-order valence-electron chi connectivity index (χ2n) is 10.6. The van der Waals surface area contributed by atoms with Crippen molar-refractivity contribution in [3.05, 3.63) is 48.3 Å². The van der Waals surface area contributed by atoms with Crippen LogP contribution in [0.4, 0.5) is 0 Å². The summed E-state index contributed by atoms with van der Waals surface area (Å²) in [6.45, 7) is 2.93. The van der Waals surface area contributed by atoms with E-state index in [1.807, 2.05) is 23.1 Å². The van der Waals surface area contributed by atoms with Gasteiger partial charge in [-0.3, -0.25) is 4.79 Å². The molecule has 8 heteroatoms. The smallest absolute Gasteiger partial charge is 0.302 e. The van der Waals surface area contributed by atoms with E-state index < -0.39 is 0 Å². The summed E-state index contributed by atoms with van der Waals surface area (Å²) < 4.78 is 13.3. The van der Waals surface area contributed by atoms with Gasteiger partial charge in [0.05, 0.1) is 17.8 Å². The SMILES string of the molecule is CC(=O)O[C@@H]1CCC[C@@H]1OCc1ncc(-c2ccn3ncc(C4CCC(CN(C)C)CC4)c3c2)cn1. The predicted molar refractivity (Wildman–Crippen MR) is 137 cm³/mol. The lowest BCUT2D eigenvalue weighted by atomic mass is 9.79. The van der Waals surface area contributed by atoms with Crippen molar-refractivity contribution in [3.8, 4) is 11.1 Å². The van der Waals surface area contributed by atoms with Crippen LogP contribution in [-0.2, 0) is 20.9 Å². The summed E-state index contributed by atoms with van der Waals surface area (Å²) in [5.41, 5.74) is 4.59. The first-order valence-corrected chi connectivity index (χ1v) is 13.2. The third kappa shape index (κ3) is 5.76. The minimum absolute atomic E-state index is 0.0854. The number of esters is 1. The highest BCUT2D eigenvalue weighted by molar-refractivity contribution is 5.70. The van der Waals surface area contributed by atoms with Gasteiger partial charge in [-0.15, -0.1) is 0 Å². The number of hydrogen-bond donors (Lipinski definition) is 0. The maximum atomic E-state index is 11.3. The van der Waals surface area contributed by atoms with Crippen LogP contribution < -0.4 is 0 Å². The van der Waals surface area contributed by atoms with Gasteiger partial charge in [-0.05, 0) is 88.6 Å². The molecule has 0 amide bonds. The molecule has 3 aromatic heterocycles. The van der Waals surface area contributed by atoms with E-state index >= 15 is 0 Å². The molecule has 0 radical (unpaired) electrons. The summed E-state index contributed by atoms with van der Waals surface area (Å²) in [5.74, 6) is 1.74. The zero-order chi connectivity index (χ0) is 25.1. The average Bonchev–Trinajstić information content (AvgIpc) is 3.49. The van der Waals surface area contributed by atoms with Crippen molar-refractivity contribution < 1.29 is 14.3 Å². The number of rotatable bonds is 8. The highest BCUT2D eigenvalue weighted by atomic mass is 16.6. The van der Waals surface area contributed by atoms with Gasteiger partial charge in [0, 0.05) is 43.2 Å². The topological polar surface area (TPSA) is 81.8 Å². The molecule has 3 heterocycles. The minimum Gasteiger partial charge on any atom is -0.460 e. The number of hydrogen-bond acceptors (Lipinski definition) is 7. The molecule has 3 aromatic rings. The van der Waals surface area contributed by atoms with Gasteiger partial charge in [0.25, 0.3) is 0 Å². The zero-order valence-corrected chi connectivity index (χ0v) is 21.6. The largest absolute Gasteiger partial charge is 0.460 e. The molecule has 36 heavy (non-hydrogen) atoms. The van der Waals surface area contributed by atoms with Gasteiger partial charge in [0.1, 0.15) is 12.7 Å². The van der Waals surface area contributed by atoms with Gasteiger partial charge in [-0.2, -0.15) is 5.10 Å². The van der Waals surface area contributed by atoms with Gasteiger partial charge in [-0.1, -0.05) is 0 Å². The van der Waals surface area contributed by atoms with Gasteiger partial charge < -0.3 is 14.4 Å². The van der Waals surface area contributed by atoms with Crippen LogP contribution in [0.5, 0.6) is 0 Å². The molecular formula is C28H37N5O3. The second kappa shape index (κ2) is 11.0. The molecule has 0 aromatic carbocycles. The van der Waals surface area contributed by atoms with Crippen LogP contribution in [0.2, 0.25) is 0 Å². The van der Waals surface area contributed by atoms with Gasteiger partial charge in [0.15, 0.2) is 5.82 Å². The Morgan fingerprint density at radius 3 is 2.50 bits per heavy atom. The lowest BCUT2D eigenvalue weighted by molar-refractivity contribution is -0.153. The average molecular weight is 492 g/mol. The summed E-state index contributed by atoms with van der Waals surface area (Å²) in [7, 11) is 4.33. The summed E-state index contributed by atoms with van der Waals surface area (Å²) in [4.78, 5) is 22.7. The number of fused-ring (bicyclic) bond motifs is 1. The van der Waals surface area contributed by atoms with Crippen LogP contribution >= 0.6 is 0 Å². The van der Waals surface area contributed by atoms with Crippen molar-refractivity contribution in [2.45, 2.75) is 76.6 Å². The Morgan fingerprint density at radius 1 is 1.03 bits per heavy atom. The van der Waals surface area contributed by atoms with Crippen LogP contribution in [0.1, 0.15) is 69.2 Å². The van der Waals surface area contributed by atoms with Crippen molar-refractivity contribution in [1.82, 2.24) is 24.5 Å². The van der Waals surface area contributed by atoms with Crippen molar-refractivity contribution in [3.63, 3.8) is 0 Å². The fraction of sp³-hybridized carbons (Fsp3) is 0.571. The third-order valence-corrected chi connectivity index (χ3v) is 7.64. The first-order valence-electron chi connectivity index (χ1n) is 13.2. The molecule has 2 aliphatic carbocycles. The summed E-state index contributed by atoms with van der Waals surface area (Å²) in [6.07, 6.45) is 15.3. The van der Waals surface area contributed by atoms with E-state index in [1.165, 1.54) is 50.2 Å². The van der Waals surface area contributed by atoms with Gasteiger partial charge in [-0.25, -0.2) is 14.5 Å².